The maximum Gasteiger partial charge on any atom is 0.224 e. The number of benzene rings is 1. The molecule has 1 amide bonds. The molecule has 1 aromatic carbocycles. The van der Waals surface area contributed by atoms with Crippen LogP contribution in [0.3, 0.4) is 0 Å². The van der Waals surface area contributed by atoms with Crippen LogP contribution in [0.25, 0.3) is 0 Å². The Balaban J connectivity index is 1.89. The van der Waals surface area contributed by atoms with Crippen LogP contribution in [-0.2, 0) is 11.3 Å². The number of aromatic nitrogens is 2. The summed E-state index contributed by atoms with van der Waals surface area (Å²) >= 11 is 0. The van der Waals surface area contributed by atoms with E-state index in [0.717, 1.165) is 23.5 Å². The predicted molar refractivity (Wildman–Crippen MR) is 109 cm³/mol. The molecule has 0 N–H and O–H groups in total. The molecular formula is C22H29FN4O. The van der Waals surface area contributed by atoms with E-state index in [1.807, 2.05) is 11.1 Å². The van der Waals surface area contributed by atoms with Gasteiger partial charge < -0.3 is 9.80 Å². The number of rotatable bonds is 5. The van der Waals surface area contributed by atoms with Gasteiger partial charge >= 0.3 is 0 Å². The number of hydrogen-bond donors (Lipinski definition) is 0. The van der Waals surface area contributed by atoms with Crippen molar-refractivity contribution in [2.75, 3.05) is 18.0 Å². The second-order valence-corrected chi connectivity index (χ2v) is 8.11. The molecule has 150 valence electrons. The molecule has 1 aliphatic rings. The highest BCUT2D eigenvalue weighted by molar-refractivity contribution is 5.78. The van der Waals surface area contributed by atoms with Gasteiger partial charge in [0.2, 0.25) is 5.91 Å². The second-order valence-electron chi connectivity index (χ2n) is 8.11. The molecule has 2 heterocycles. The number of hydrogen-bond acceptors (Lipinski definition) is 4. The summed E-state index contributed by atoms with van der Waals surface area (Å²) in [6.45, 7) is 10.4. The Bertz CT molecular complexity index is 806. The van der Waals surface area contributed by atoms with Crippen LogP contribution in [0.15, 0.2) is 36.8 Å². The number of nitrogens with zero attached hydrogens (tertiary/aromatic N) is 4. The maximum absolute atomic E-state index is 13.3. The van der Waals surface area contributed by atoms with E-state index in [4.69, 9.17) is 0 Å². The zero-order chi connectivity index (χ0) is 20.3. The molecular weight excluding hydrogens is 355 g/mol. The van der Waals surface area contributed by atoms with E-state index in [-0.39, 0.29) is 23.7 Å². The normalized spacial score (nSPS) is 18.1. The number of carbonyl (C=O) groups is 1. The average molecular weight is 384 g/mol. The molecule has 0 unspecified atom stereocenters. The van der Waals surface area contributed by atoms with Crippen molar-refractivity contribution in [2.24, 2.45) is 5.92 Å². The molecule has 5 nitrogen and oxygen atoms in total. The van der Waals surface area contributed by atoms with Crippen molar-refractivity contribution < 1.29 is 9.18 Å². The summed E-state index contributed by atoms with van der Waals surface area (Å²) in [5, 5.41) is 0. The fraction of sp³-hybridized carbons (Fsp3) is 0.500. The lowest BCUT2D eigenvalue weighted by Crippen LogP contribution is -2.46. The summed E-state index contributed by atoms with van der Waals surface area (Å²) in [5.41, 5.74) is 2.04. The minimum absolute atomic E-state index is 0.0510. The van der Waals surface area contributed by atoms with E-state index < -0.39 is 0 Å². The number of carbonyl (C=O) groups excluding carboxylic acids is 1. The number of halogens is 1. The van der Waals surface area contributed by atoms with Crippen LogP contribution in [0.2, 0.25) is 0 Å². The first kappa shape index (κ1) is 20.2. The van der Waals surface area contributed by atoms with E-state index in [0.29, 0.717) is 25.4 Å². The van der Waals surface area contributed by atoms with Crippen molar-refractivity contribution >= 4 is 11.7 Å². The third kappa shape index (κ3) is 4.49. The Hall–Kier alpha value is -2.50. The Kier molecular flexibility index (Phi) is 6.27. The Morgan fingerprint density at radius 2 is 1.89 bits per heavy atom. The van der Waals surface area contributed by atoms with Crippen molar-refractivity contribution in [3.05, 3.63) is 53.7 Å². The largest absolute Gasteiger partial charge is 0.354 e. The van der Waals surface area contributed by atoms with E-state index in [2.05, 4.69) is 42.6 Å². The van der Waals surface area contributed by atoms with Crippen molar-refractivity contribution in [3.8, 4) is 0 Å². The Morgan fingerprint density at radius 1 is 1.18 bits per heavy atom. The summed E-state index contributed by atoms with van der Waals surface area (Å²) in [5.74, 6) is 1.39. The van der Waals surface area contributed by atoms with Crippen LogP contribution >= 0.6 is 0 Å². The molecule has 0 aliphatic carbocycles. The first-order valence-corrected chi connectivity index (χ1v) is 9.95. The van der Waals surface area contributed by atoms with Crippen LogP contribution in [0, 0.1) is 11.7 Å². The molecule has 0 spiro atoms. The molecule has 0 bridgehead atoms. The van der Waals surface area contributed by atoms with Gasteiger partial charge in [-0.2, -0.15) is 0 Å². The van der Waals surface area contributed by atoms with E-state index in [9.17, 15) is 9.18 Å². The molecule has 1 aliphatic heterocycles. The monoisotopic (exact) mass is 384 g/mol. The van der Waals surface area contributed by atoms with Crippen molar-refractivity contribution in [3.63, 3.8) is 0 Å². The maximum atomic E-state index is 13.3. The van der Waals surface area contributed by atoms with E-state index >= 15 is 0 Å². The zero-order valence-corrected chi connectivity index (χ0v) is 17.1. The van der Waals surface area contributed by atoms with Gasteiger partial charge in [-0.1, -0.05) is 39.8 Å². The molecule has 2 aromatic rings. The Labute approximate surface area is 166 Å². The minimum atomic E-state index is -0.262. The van der Waals surface area contributed by atoms with Gasteiger partial charge in [-0.3, -0.25) is 4.79 Å². The molecule has 1 fully saturated rings. The fourth-order valence-electron chi connectivity index (χ4n) is 3.74. The number of anilines is 1. The van der Waals surface area contributed by atoms with Gasteiger partial charge in [-0.15, -0.1) is 0 Å². The van der Waals surface area contributed by atoms with Crippen molar-refractivity contribution in [2.45, 2.75) is 52.6 Å². The molecule has 1 atom stereocenters. The van der Waals surface area contributed by atoms with Gasteiger partial charge in [0.25, 0.3) is 0 Å². The third-order valence-electron chi connectivity index (χ3n) is 5.40. The first-order valence-electron chi connectivity index (χ1n) is 9.95. The third-order valence-corrected chi connectivity index (χ3v) is 5.40. The van der Waals surface area contributed by atoms with Crippen LogP contribution in [0.5, 0.6) is 0 Å². The highest BCUT2D eigenvalue weighted by Gasteiger charge is 2.33. The summed E-state index contributed by atoms with van der Waals surface area (Å²) < 4.78 is 13.3. The minimum Gasteiger partial charge on any atom is -0.354 e. The summed E-state index contributed by atoms with van der Waals surface area (Å²) in [6, 6.07) is 6.46. The van der Waals surface area contributed by atoms with E-state index in [1.54, 1.807) is 18.5 Å². The van der Waals surface area contributed by atoms with Crippen LogP contribution in [0.1, 0.15) is 51.2 Å². The molecule has 1 aromatic heterocycles. The fourth-order valence-corrected chi connectivity index (χ4v) is 3.74. The van der Waals surface area contributed by atoms with Crippen LogP contribution < -0.4 is 4.90 Å². The van der Waals surface area contributed by atoms with Gasteiger partial charge in [0, 0.05) is 37.8 Å². The lowest BCUT2D eigenvalue weighted by atomic mass is 10.0. The summed E-state index contributed by atoms with van der Waals surface area (Å²) in [6.07, 6.45) is 3.89. The highest BCUT2D eigenvalue weighted by atomic mass is 19.1. The lowest BCUT2D eigenvalue weighted by Gasteiger charge is -2.35. The standard InChI is InChI=1S/C22H29FN4O/c1-15(2)19-11-24-14-25-22(19)26-10-9-21(28)27(20(13-26)16(3)4)12-17-5-7-18(23)8-6-17/h5-8,11,14-16,20H,9-10,12-13H2,1-4H3/t20-/m1/s1. The SMILES string of the molecule is CC(C)c1cncnc1N1CCC(=O)N(Cc2ccc(F)cc2)[C@@H](C(C)C)C1. The lowest BCUT2D eigenvalue weighted by molar-refractivity contribution is -0.134. The van der Waals surface area contributed by atoms with Gasteiger partial charge in [0.15, 0.2) is 0 Å². The van der Waals surface area contributed by atoms with Crippen molar-refractivity contribution in [1.82, 2.24) is 14.9 Å². The average Bonchev–Trinajstić information content (AvgIpc) is 2.83. The molecule has 1 saturated heterocycles. The smallest absolute Gasteiger partial charge is 0.224 e. The molecule has 28 heavy (non-hydrogen) atoms. The second kappa shape index (κ2) is 8.67. The van der Waals surface area contributed by atoms with Crippen LogP contribution in [-0.4, -0.2) is 39.9 Å². The zero-order valence-electron chi connectivity index (χ0n) is 17.1. The summed E-state index contributed by atoms with van der Waals surface area (Å²) in [4.78, 5) is 25.9. The van der Waals surface area contributed by atoms with E-state index in [1.165, 1.54) is 12.1 Å². The topological polar surface area (TPSA) is 49.3 Å². The quantitative estimate of drug-likeness (QED) is 0.782. The molecule has 0 radical (unpaired) electrons. The summed E-state index contributed by atoms with van der Waals surface area (Å²) in [7, 11) is 0. The van der Waals surface area contributed by atoms with Crippen molar-refractivity contribution in [1.29, 1.82) is 0 Å². The van der Waals surface area contributed by atoms with Gasteiger partial charge in [-0.25, -0.2) is 14.4 Å². The first-order chi connectivity index (χ1) is 13.4. The molecule has 3 rings (SSSR count). The predicted octanol–water partition coefficient (Wildman–Crippen LogP) is 4.00. The van der Waals surface area contributed by atoms with Crippen LogP contribution in [0.4, 0.5) is 10.2 Å². The molecule has 0 saturated carbocycles. The molecule has 6 heteroatoms. The Morgan fingerprint density at radius 3 is 2.54 bits per heavy atom. The van der Waals surface area contributed by atoms with Gasteiger partial charge in [0.1, 0.15) is 18.0 Å². The van der Waals surface area contributed by atoms with Gasteiger partial charge in [0.05, 0.1) is 6.04 Å². The highest BCUT2D eigenvalue weighted by Crippen LogP contribution is 2.28. The van der Waals surface area contributed by atoms with Gasteiger partial charge in [-0.05, 0) is 29.5 Å². The number of amides is 1.